The Morgan fingerprint density at radius 3 is 2.84 bits per heavy atom. The van der Waals surface area contributed by atoms with E-state index in [2.05, 4.69) is 17.6 Å². The highest BCUT2D eigenvalue weighted by Gasteiger charge is 2.34. The Labute approximate surface area is 188 Å². The lowest BCUT2D eigenvalue weighted by atomic mass is 9.91. The number of hydrogen-bond donors (Lipinski definition) is 2. The van der Waals surface area contributed by atoms with Crippen LogP contribution in [0.15, 0.2) is 18.2 Å². The van der Waals surface area contributed by atoms with Crippen LogP contribution in [0.25, 0.3) is 0 Å². The number of benzene rings is 1. The molecule has 2 unspecified atom stereocenters. The molecule has 7 nitrogen and oxygen atoms in total. The Morgan fingerprint density at radius 1 is 1.28 bits per heavy atom. The van der Waals surface area contributed by atoms with E-state index in [1.165, 1.54) is 6.07 Å². The van der Waals surface area contributed by atoms with Gasteiger partial charge in [0.2, 0.25) is 17.7 Å². The molecule has 2 aliphatic heterocycles. The number of hydrogen-bond acceptors (Lipinski definition) is 5. The van der Waals surface area contributed by atoms with Crippen LogP contribution in [0.1, 0.15) is 63.4 Å². The van der Waals surface area contributed by atoms with E-state index in [4.69, 9.17) is 4.74 Å². The summed E-state index contributed by atoms with van der Waals surface area (Å²) in [7, 11) is 0. The van der Waals surface area contributed by atoms with Gasteiger partial charge in [-0.1, -0.05) is 13.0 Å². The Balaban J connectivity index is 1.32. The molecule has 0 bridgehead atoms. The summed E-state index contributed by atoms with van der Waals surface area (Å²) in [6, 6.07) is 4.66. The average molecular weight is 446 g/mol. The molecule has 1 saturated carbocycles. The highest BCUT2D eigenvalue weighted by atomic mass is 19.1. The molecule has 3 atom stereocenters. The fourth-order valence-corrected chi connectivity index (χ4v) is 4.64. The summed E-state index contributed by atoms with van der Waals surface area (Å²) in [6.07, 6.45) is 5.20. The molecular formula is C24H32FN3O4. The monoisotopic (exact) mass is 445 g/mol. The van der Waals surface area contributed by atoms with Crippen molar-refractivity contribution in [2.75, 3.05) is 19.7 Å². The van der Waals surface area contributed by atoms with Crippen LogP contribution in [0.5, 0.6) is 5.75 Å². The summed E-state index contributed by atoms with van der Waals surface area (Å²) >= 11 is 0. The van der Waals surface area contributed by atoms with Crippen molar-refractivity contribution in [1.29, 1.82) is 0 Å². The van der Waals surface area contributed by atoms with Crippen LogP contribution in [0.3, 0.4) is 0 Å². The minimum atomic E-state index is -0.429. The standard InChI is InChI=1S/C24H32FN3O4/c1-15(17-6-7-18(25)21(13-17)32-14-16-4-5-16)20-3-2-12-28(20)23(30)10-11-26-19-8-9-22(29)27-24(19)31/h6-7,13,15-16,19-20,26H,2-5,8-12,14H2,1H3,(H,27,29,31)/t15-,19?,20?/m0/s1. The second kappa shape index (κ2) is 9.98. The topological polar surface area (TPSA) is 87.7 Å². The molecular weight excluding hydrogens is 413 g/mol. The van der Waals surface area contributed by atoms with Crippen LogP contribution in [0.2, 0.25) is 0 Å². The highest BCUT2D eigenvalue weighted by molar-refractivity contribution is 6.00. The molecule has 3 fully saturated rings. The first kappa shape index (κ1) is 22.7. The molecule has 3 amide bonds. The van der Waals surface area contributed by atoms with Crippen molar-refractivity contribution < 1.29 is 23.5 Å². The van der Waals surface area contributed by atoms with E-state index in [9.17, 15) is 18.8 Å². The molecule has 174 valence electrons. The van der Waals surface area contributed by atoms with Crippen LogP contribution in [-0.2, 0) is 14.4 Å². The summed E-state index contributed by atoms with van der Waals surface area (Å²) in [5.74, 6) is 0.0374. The van der Waals surface area contributed by atoms with E-state index in [1.807, 2.05) is 4.90 Å². The van der Waals surface area contributed by atoms with Crippen LogP contribution < -0.4 is 15.4 Å². The molecule has 32 heavy (non-hydrogen) atoms. The smallest absolute Gasteiger partial charge is 0.243 e. The van der Waals surface area contributed by atoms with Crippen LogP contribution >= 0.6 is 0 Å². The molecule has 2 heterocycles. The maximum atomic E-state index is 14.2. The van der Waals surface area contributed by atoms with Gasteiger partial charge >= 0.3 is 0 Å². The van der Waals surface area contributed by atoms with Gasteiger partial charge in [0.25, 0.3) is 0 Å². The molecule has 0 spiro atoms. The zero-order valence-corrected chi connectivity index (χ0v) is 18.6. The van der Waals surface area contributed by atoms with Crippen molar-refractivity contribution in [3.63, 3.8) is 0 Å². The lowest BCUT2D eigenvalue weighted by Gasteiger charge is -2.30. The Bertz CT molecular complexity index is 873. The van der Waals surface area contributed by atoms with Gasteiger partial charge in [-0.15, -0.1) is 0 Å². The summed E-state index contributed by atoms with van der Waals surface area (Å²) in [4.78, 5) is 37.9. The molecule has 8 heteroatoms. The SMILES string of the molecule is C[C@@H](c1ccc(F)c(OCC2CC2)c1)C1CCCN1C(=O)CCNC1CCC(=O)NC1=O. The molecule has 1 aromatic rings. The maximum Gasteiger partial charge on any atom is 0.243 e. The van der Waals surface area contributed by atoms with Crippen molar-refractivity contribution in [3.05, 3.63) is 29.6 Å². The van der Waals surface area contributed by atoms with Gasteiger partial charge in [0.15, 0.2) is 11.6 Å². The number of nitrogens with zero attached hydrogens (tertiary/aromatic N) is 1. The number of ether oxygens (including phenoxy) is 1. The lowest BCUT2D eigenvalue weighted by molar-refractivity contribution is -0.136. The largest absolute Gasteiger partial charge is 0.490 e. The van der Waals surface area contributed by atoms with Gasteiger partial charge in [0.05, 0.1) is 12.6 Å². The van der Waals surface area contributed by atoms with E-state index in [0.29, 0.717) is 50.6 Å². The quantitative estimate of drug-likeness (QED) is 0.571. The summed E-state index contributed by atoms with van der Waals surface area (Å²) in [5.41, 5.74) is 0.976. The second-order valence-corrected chi connectivity index (χ2v) is 9.24. The lowest BCUT2D eigenvalue weighted by Crippen LogP contribution is -2.51. The Morgan fingerprint density at radius 2 is 2.09 bits per heavy atom. The Hall–Kier alpha value is -2.48. The molecule has 0 radical (unpaired) electrons. The maximum absolute atomic E-state index is 14.2. The molecule has 1 aliphatic carbocycles. The van der Waals surface area contributed by atoms with Crippen LogP contribution in [-0.4, -0.2) is 54.4 Å². The number of carbonyl (C=O) groups excluding carboxylic acids is 3. The van der Waals surface area contributed by atoms with E-state index < -0.39 is 6.04 Å². The van der Waals surface area contributed by atoms with E-state index in [-0.39, 0.29) is 35.5 Å². The average Bonchev–Trinajstić information content (AvgIpc) is 3.47. The summed E-state index contributed by atoms with van der Waals surface area (Å²) in [5, 5.41) is 5.41. The highest BCUT2D eigenvalue weighted by Crippen LogP contribution is 2.35. The number of halogens is 1. The van der Waals surface area contributed by atoms with Crippen LogP contribution in [0, 0.1) is 11.7 Å². The van der Waals surface area contributed by atoms with Crippen molar-refractivity contribution in [2.45, 2.75) is 69.9 Å². The van der Waals surface area contributed by atoms with Gasteiger partial charge in [0.1, 0.15) is 0 Å². The number of rotatable bonds is 9. The van der Waals surface area contributed by atoms with Crippen molar-refractivity contribution in [3.8, 4) is 5.75 Å². The first-order chi connectivity index (χ1) is 15.4. The molecule has 1 aromatic carbocycles. The van der Waals surface area contributed by atoms with Crippen molar-refractivity contribution in [2.24, 2.45) is 5.92 Å². The van der Waals surface area contributed by atoms with Gasteiger partial charge in [0, 0.05) is 37.9 Å². The van der Waals surface area contributed by atoms with Crippen LogP contribution in [0.4, 0.5) is 4.39 Å². The van der Waals surface area contributed by atoms with Gasteiger partial charge in [-0.2, -0.15) is 0 Å². The normalized spacial score (nSPS) is 24.4. The summed E-state index contributed by atoms with van der Waals surface area (Å²) in [6.45, 7) is 3.73. The second-order valence-electron chi connectivity index (χ2n) is 9.24. The molecule has 2 N–H and O–H groups in total. The third-order valence-corrected chi connectivity index (χ3v) is 6.82. The third-order valence-electron chi connectivity index (χ3n) is 6.82. The zero-order valence-electron chi connectivity index (χ0n) is 18.6. The van der Waals surface area contributed by atoms with Gasteiger partial charge in [-0.05, 0) is 55.7 Å². The summed E-state index contributed by atoms with van der Waals surface area (Å²) < 4.78 is 19.9. The number of imide groups is 1. The van der Waals surface area contributed by atoms with Gasteiger partial charge < -0.3 is 15.0 Å². The van der Waals surface area contributed by atoms with Crippen molar-refractivity contribution in [1.82, 2.24) is 15.5 Å². The minimum absolute atomic E-state index is 0.0477. The van der Waals surface area contributed by atoms with Gasteiger partial charge in [-0.3, -0.25) is 19.7 Å². The number of amides is 3. The van der Waals surface area contributed by atoms with E-state index in [0.717, 1.165) is 31.2 Å². The molecule has 4 rings (SSSR count). The number of piperidine rings is 1. The van der Waals surface area contributed by atoms with Crippen molar-refractivity contribution >= 4 is 17.7 Å². The zero-order chi connectivity index (χ0) is 22.7. The molecule has 2 saturated heterocycles. The van der Waals surface area contributed by atoms with Gasteiger partial charge in [-0.25, -0.2) is 4.39 Å². The van der Waals surface area contributed by atoms with E-state index in [1.54, 1.807) is 12.1 Å². The third kappa shape index (κ3) is 5.46. The fourth-order valence-electron chi connectivity index (χ4n) is 4.64. The molecule has 3 aliphatic rings. The Kier molecular flexibility index (Phi) is 7.08. The fraction of sp³-hybridized carbons (Fsp3) is 0.625. The first-order valence-corrected chi connectivity index (χ1v) is 11.7. The predicted octanol–water partition coefficient (Wildman–Crippen LogP) is 2.49. The van der Waals surface area contributed by atoms with E-state index >= 15 is 0 Å². The number of likely N-dealkylation sites (tertiary alicyclic amines) is 1. The number of carbonyl (C=O) groups is 3. The number of nitrogens with one attached hydrogen (secondary N) is 2. The minimum Gasteiger partial charge on any atom is -0.490 e. The predicted molar refractivity (Wildman–Crippen MR) is 117 cm³/mol. The first-order valence-electron chi connectivity index (χ1n) is 11.7. The molecule has 0 aromatic heterocycles.